The van der Waals surface area contributed by atoms with E-state index in [9.17, 15) is 9.59 Å². The molecule has 34 heavy (non-hydrogen) atoms. The summed E-state index contributed by atoms with van der Waals surface area (Å²) in [6, 6.07) is 16.0. The number of hydrogen-bond acceptors (Lipinski definition) is 8. The SMILES string of the molecule is CC(=O)Nc1ccc(OCCOCCOCCOCCOCCOC(=O)c2ccccc2)cc1. The molecule has 0 radical (unpaired) electrons. The number of anilines is 1. The Morgan fingerprint density at radius 3 is 1.68 bits per heavy atom. The van der Waals surface area contributed by atoms with Gasteiger partial charge in [-0.3, -0.25) is 4.79 Å². The third-order valence-corrected chi connectivity index (χ3v) is 4.26. The van der Waals surface area contributed by atoms with E-state index in [4.69, 9.17) is 28.4 Å². The highest BCUT2D eigenvalue weighted by Gasteiger charge is 2.05. The summed E-state index contributed by atoms with van der Waals surface area (Å²) in [7, 11) is 0. The van der Waals surface area contributed by atoms with Crippen LogP contribution in [-0.2, 0) is 28.5 Å². The fourth-order valence-corrected chi connectivity index (χ4v) is 2.67. The van der Waals surface area contributed by atoms with E-state index in [-0.39, 0.29) is 18.5 Å². The number of carbonyl (C=O) groups is 2. The summed E-state index contributed by atoms with van der Waals surface area (Å²) in [5.41, 5.74) is 1.25. The summed E-state index contributed by atoms with van der Waals surface area (Å²) in [4.78, 5) is 22.7. The minimum atomic E-state index is -0.358. The van der Waals surface area contributed by atoms with Crippen molar-refractivity contribution >= 4 is 17.6 Å². The summed E-state index contributed by atoms with van der Waals surface area (Å²) in [5.74, 6) is 0.243. The van der Waals surface area contributed by atoms with Crippen LogP contribution < -0.4 is 10.1 Å². The Kier molecular flexibility index (Phi) is 14.0. The van der Waals surface area contributed by atoms with Crippen molar-refractivity contribution in [2.24, 2.45) is 0 Å². The van der Waals surface area contributed by atoms with E-state index in [1.54, 1.807) is 48.5 Å². The van der Waals surface area contributed by atoms with Crippen molar-refractivity contribution in [1.82, 2.24) is 0 Å². The number of benzene rings is 2. The molecule has 0 aliphatic rings. The molecule has 186 valence electrons. The molecule has 2 aromatic rings. The van der Waals surface area contributed by atoms with Crippen LogP contribution in [0.25, 0.3) is 0 Å². The first-order chi connectivity index (χ1) is 16.6. The van der Waals surface area contributed by atoms with E-state index in [2.05, 4.69) is 5.32 Å². The summed E-state index contributed by atoms with van der Waals surface area (Å²) in [6.07, 6.45) is 0. The minimum absolute atomic E-state index is 0.110. The average molecular weight is 476 g/mol. The number of hydrogen-bond donors (Lipinski definition) is 1. The number of nitrogens with one attached hydrogen (secondary N) is 1. The Labute approximate surface area is 200 Å². The molecule has 0 aromatic heterocycles. The Morgan fingerprint density at radius 1 is 0.647 bits per heavy atom. The third kappa shape index (κ3) is 12.9. The summed E-state index contributed by atoms with van der Waals surface area (Å²) >= 11 is 0. The molecule has 9 heteroatoms. The molecule has 0 bridgehead atoms. The Hall–Kier alpha value is -2.98. The number of amides is 1. The maximum absolute atomic E-state index is 11.7. The predicted molar refractivity (Wildman–Crippen MR) is 126 cm³/mol. The lowest BCUT2D eigenvalue weighted by molar-refractivity contribution is -0.114. The van der Waals surface area contributed by atoms with Gasteiger partial charge in [0.05, 0.1) is 58.4 Å². The van der Waals surface area contributed by atoms with Crippen molar-refractivity contribution in [1.29, 1.82) is 0 Å². The predicted octanol–water partition coefficient (Wildman–Crippen LogP) is 2.95. The third-order valence-electron chi connectivity index (χ3n) is 4.26. The van der Waals surface area contributed by atoms with Gasteiger partial charge in [0.1, 0.15) is 19.0 Å². The summed E-state index contributed by atoms with van der Waals surface area (Å²) in [5, 5.41) is 2.70. The second-order valence-corrected chi connectivity index (χ2v) is 7.01. The van der Waals surface area contributed by atoms with Crippen molar-refractivity contribution in [2.75, 3.05) is 71.4 Å². The lowest BCUT2D eigenvalue weighted by Gasteiger charge is -2.09. The van der Waals surface area contributed by atoms with Crippen LogP contribution in [0.3, 0.4) is 0 Å². The molecule has 2 aromatic carbocycles. The van der Waals surface area contributed by atoms with Gasteiger partial charge in [-0.15, -0.1) is 0 Å². The molecule has 0 heterocycles. The zero-order chi connectivity index (χ0) is 24.3. The van der Waals surface area contributed by atoms with E-state index in [1.165, 1.54) is 6.92 Å². The van der Waals surface area contributed by atoms with Gasteiger partial charge in [-0.25, -0.2) is 4.79 Å². The fourth-order valence-electron chi connectivity index (χ4n) is 2.67. The molecular formula is C25H33NO8. The molecule has 0 spiro atoms. The van der Waals surface area contributed by atoms with Gasteiger partial charge in [0.25, 0.3) is 0 Å². The van der Waals surface area contributed by atoms with Gasteiger partial charge in [0, 0.05) is 12.6 Å². The van der Waals surface area contributed by atoms with Crippen LogP contribution in [-0.4, -0.2) is 77.9 Å². The van der Waals surface area contributed by atoms with Crippen molar-refractivity contribution in [3.8, 4) is 5.75 Å². The zero-order valence-electron chi connectivity index (χ0n) is 19.5. The topological polar surface area (TPSA) is 102 Å². The molecule has 0 aliphatic carbocycles. The van der Waals surface area contributed by atoms with Crippen LogP contribution in [0, 0.1) is 0 Å². The molecular weight excluding hydrogens is 442 g/mol. The van der Waals surface area contributed by atoms with Gasteiger partial charge in [-0.1, -0.05) is 18.2 Å². The molecule has 1 amide bonds. The van der Waals surface area contributed by atoms with Crippen LogP contribution in [0.4, 0.5) is 5.69 Å². The standard InChI is InChI=1S/C25H33NO8/c1-21(27)26-23-7-9-24(10-8-23)33-19-17-31-15-13-29-11-12-30-14-16-32-18-20-34-25(28)22-5-3-2-4-6-22/h2-10H,11-20H2,1H3,(H,26,27). The van der Waals surface area contributed by atoms with Gasteiger partial charge in [0.15, 0.2) is 0 Å². The van der Waals surface area contributed by atoms with Crippen molar-refractivity contribution < 1.29 is 38.0 Å². The molecule has 0 atom stereocenters. The first-order valence-corrected chi connectivity index (χ1v) is 11.2. The highest BCUT2D eigenvalue weighted by atomic mass is 16.6. The minimum Gasteiger partial charge on any atom is -0.491 e. The maximum atomic E-state index is 11.7. The number of rotatable bonds is 18. The van der Waals surface area contributed by atoms with Crippen LogP contribution in [0.5, 0.6) is 5.75 Å². The molecule has 1 N–H and O–H groups in total. The lowest BCUT2D eigenvalue weighted by Crippen LogP contribution is -2.15. The quantitative estimate of drug-likeness (QED) is 0.259. The largest absolute Gasteiger partial charge is 0.491 e. The molecule has 0 aliphatic heterocycles. The van der Waals surface area contributed by atoms with Gasteiger partial charge in [0.2, 0.25) is 5.91 Å². The molecule has 0 fully saturated rings. The Bertz CT molecular complexity index is 813. The van der Waals surface area contributed by atoms with Gasteiger partial charge in [-0.05, 0) is 36.4 Å². The second-order valence-electron chi connectivity index (χ2n) is 7.01. The van der Waals surface area contributed by atoms with E-state index in [1.807, 2.05) is 6.07 Å². The Morgan fingerprint density at radius 2 is 1.15 bits per heavy atom. The molecule has 0 saturated heterocycles. The first kappa shape index (κ1) is 27.3. The Balaban J connectivity index is 1.30. The van der Waals surface area contributed by atoms with Crippen molar-refractivity contribution in [2.45, 2.75) is 6.92 Å². The smallest absolute Gasteiger partial charge is 0.338 e. The van der Waals surface area contributed by atoms with Gasteiger partial charge < -0.3 is 33.7 Å². The van der Waals surface area contributed by atoms with Crippen LogP contribution >= 0.6 is 0 Å². The fraction of sp³-hybridized carbons (Fsp3) is 0.440. The zero-order valence-corrected chi connectivity index (χ0v) is 19.5. The van der Waals surface area contributed by atoms with Crippen molar-refractivity contribution in [3.63, 3.8) is 0 Å². The van der Waals surface area contributed by atoms with Crippen molar-refractivity contribution in [3.05, 3.63) is 60.2 Å². The van der Waals surface area contributed by atoms with Crippen LogP contribution in [0.15, 0.2) is 54.6 Å². The van der Waals surface area contributed by atoms with E-state index in [0.717, 1.165) is 5.69 Å². The second kappa shape index (κ2) is 17.5. The molecule has 2 rings (SSSR count). The number of carbonyl (C=O) groups excluding carboxylic acids is 2. The molecule has 9 nitrogen and oxygen atoms in total. The maximum Gasteiger partial charge on any atom is 0.338 e. The van der Waals surface area contributed by atoms with Gasteiger partial charge in [-0.2, -0.15) is 0 Å². The average Bonchev–Trinajstić information content (AvgIpc) is 2.85. The van der Waals surface area contributed by atoms with E-state index < -0.39 is 0 Å². The highest BCUT2D eigenvalue weighted by Crippen LogP contribution is 2.15. The van der Waals surface area contributed by atoms with Crippen LogP contribution in [0.1, 0.15) is 17.3 Å². The molecule has 0 unspecified atom stereocenters. The molecule has 0 saturated carbocycles. The lowest BCUT2D eigenvalue weighted by atomic mass is 10.2. The first-order valence-electron chi connectivity index (χ1n) is 11.2. The van der Waals surface area contributed by atoms with E-state index in [0.29, 0.717) is 70.8 Å². The number of ether oxygens (including phenoxy) is 6. The number of esters is 1. The monoisotopic (exact) mass is 475 g/mol. The van der Waals surface area contributed by atoms with Gasteiger partial charge >= 0.3 is 5.97 Å². The summed E-state index contributed by atoms with van der Waals surface area (Å²) in [6.45, 7) is 5.59. The normalized spacial score (nSPS) is 10.6. The van der Waals surface area contributed by atoms with Crippen LogP contribution in [0.2, 0.25) is 0 Å². The summed E-state index contributed by atoms with van der Waals surface area (Å²) < 4.78 is 32.4. The highest BCUT2D eigenvalue weighted by molar-refractivity contribution is 5.89. The van der Waals surface area contributed by atoms with E-state index >= 15 is 0 Å².